The summed E-state index contributed by atoms with van der Waals surface area (Å²) in [5.41, 5.74) is 3.71. The molecule has 0 radical (unpaired) electrons. The Bertz CT molecular complexity index is 1420. The summed E-state index contributed by atoms with van der Waals surface area (Å²) in [7, 11) is 1.64. The fraction of sp³-hybridized carbons (Fsp3) is 0.226. The third kappa shape index (κ3) is 5.07. The van der Waals surface area contributed by atoms with Crippen LogP contribution in [0.15, 0.2) is 102 Å². The van der Waals surface area contributed by atoms with Gasteiger partial charge in [-0.25, -0.2) is 0 Å². The lowest BCUT2D eigenvalue weighted by Gasteiger charge is -2.40. The zero-order valence-electron chi connectivity index (χ0n) is 21.8. The van der Waals surface area contributed by atoms with E-state index in [-0.39, 0.29) is 36.2 Å². The molecule has 2 amide bonds. The second-order valence-electron chi connectivity index (χ2n) is 9.45. The summed E-state index contributed by atoms with van der Waals surface area (Å²) < 4.78 is 7.50. The number of benzene rings is 3. The first-order chi connectivity index (χ1) is 18.5. The highest BCUT2D eigenvalue weighted by molar-refractivity contribution is 8.00. The molecule has 0 bridgehead atoms. The van der Waals surface area contributed by atoms with Gasteiger partial charge in [0, 0.05) is 17.1 Å². The van der Waals surface area contributed by atoms with E-state index >= 15 is 0 Å². The minimum Gasteiger partial charge on any atom is -0.497 e. The van der Waals surface area contributed by atoms with E-state index in [1.165, 1.54) is 11.8 Å². The molecule has 0 N–H and O–H groups in total. The van der Waals surface area contributed by atoms with Gasteiger partial charge in [-0.15, -0.1) is 11.8 Å². The highest BCUT2D eigenvalue weighted by atomic mass is 32.2. The average molecular weight is 526 g/mol. The lowest BCUT2D eigenvalue weighted by atomic mass is 9.97. The molecule has 194 valence electrons. The average Bonchev–Trinajstić information content (AvgIpc) is 3.44. The van der Waals surface area contributed by atoms with Gasteiger partial charge in [0.25, 0.3) is 0 Å². The van der Waals surface area contributed by atoms with Crippen LogP contribution in [0, 0.1) is 0 Å². The Labute approximate surface area is 227 Å². The van der Waals surface area contributed by atoms with Gasteiger partial charge in [-0.3, -0.25) is 14.5 Å². The summed E-state index contributed by atoms with van der Waals surface area (Å²) in [4.78, 5) is 32.1. The van der Waals surface area contributed by atoms with Crippen LogP contribution in [0.4, 0.5) is 5.69 Å². The third-order valence-corrected chi connectivity index (χ3v) is 7.77. The molecule has 5 rings (SSSR count). The van der Waals surface area contributed by atoms with Gasteiger partial charge >= 0.3 is 0 Å². The molecule has 38 heavy (non-hydrogen) atoms. The zero-order chi connectivity index (χ0) is 26.6. The molecular formula is C31H31N3O3S. The van der Waals surface area contributed by atoms with Crippen LogP contribution in [0.2, 0.25) is 0 Å². The van der Waals surface area contributed by atoms with Crippen molar-refractivity contribution in [1.29, 1.82) is 0 Å². The fourth-order valence-corrected chi connectivity index (χ4v) is 5.69. The van der Waals surface area contributed by atoms with Crippen molar-refractivity contribution in [2.24, 2.45) is 0 Å². The van der Waals surface area contributed by atoms with E-state index in [1.807, 2.05) is 116 Å². The molecule has 0 spiro atoms. The number of hydrogen-bond donors (Lipinski definition) is 0. The second kappa shape index (κ2) is 11.2. The summed E-state index contributed by atoms with van der Waals surface area (Å²) in [6.07, 6.45) is 2.03. The van der Waals surface area contributed by atoms with E-state index < -0.39 is 0 Å². The van der Waals surface area contributed by atoms with Gasteiger partial charge in [-0.2, -0.15) is 0 Å². The Morgan fingerprint density at radius 3 is 2.26 bits per heavy atom. The molecule has 0 aliphatic carbocycles. The van der Waals surface area contributed by atoms with Crippen LogP contribution in [-0.2, 0) is 9.59 Å². The number of rotatable bonds is 8. The molecule has 1 aliphatic rings. The van der Waals surface area contributed by atoms with Crippen LogP contribution in [0.25, 0.3) is 5.69 Å². The number of hydrogen-bond acceptors (Lipinski definition) is 4. The molecule has 0 fully saturated rings. The quantitative estimate of drug-likeness (QED) is 0.267. The number of carbonyl (C=O) groups excluding carboxylic acids is 2. The van der Waals surface area contributed by atoms with E-state index in [4.69, 9.17) is 4.74 Å². The first kappa shape index (κ1) is 25.7. The maximum Gasteiger partial charge on any atom is 0.247 e. The fourth-order valence-electron chi connectivity index (χ4n) is 4.89. The van der Waals surface area contributed by atoms with Crippen molar-refractivity contribution in [2.45, 2.75) is 30.8 Å². The summed E-state index contributed by atoms with van der Waals surface area (Å²) in [5, 5.41) is 0. The van der Waals surface area contributed by atoms with Gasteiger partial charge < -0.3 is 14.2 Å². The SMILES string of the molecule is COc1ccc(C2c3cccn3-c3ccccc3N2C(=O)CN(C(=O)CSc2ccccc2)C(C)C)cc1. The Morgan fingerprint density at radius 1 is 0.895 bits per heavy atom. The number of carbonyl (C=O) groups is 2. The van der Waals surface area contributed by atoms with Gasteiger partial charge in [-0.05, 0) is 67.9 Å². The van der Waals surface area contributed by atoms with Crippen LogP contribution in [0.3, 0.4) is 0 Å². The predicted molar refractivity (Wildman–Crippen MR) is 152 cm³/mol. The first-order valence-corrected chi connectivity index (χ1v) is 13.7. The third-order valence-electron chi connectivity index (χ3n) is 6.77. The molecule has 1 aliphatic heterocycles. The van der Waals surface area contributed by atoms with Crippen LogP contribution >= 0.6 is 11.8 Å². The normalized spacial score (nSPS) is 14.1. The molecule has 1 aromatic heterocycles. The number of nitrogens with zero attached hydrogens (tertiary/aromatic N) is 3. The molecule has 2 heterocycles. The lowest BCUT2D eigenvalue weighted by Crippen LogP contribution is -2.49. The van der Waals surface area contributed by atoms with Crippen molar-refractivity contribution in [3.8, 4) is 11.4 Å². The molecule has 0 saturated heterocycles. The standard InChI is InChI=1S/C31H31N3O3S/c1-22(2)33(30(36)21-38-25-10-5-4-6-11-25)20-29(35)34-27-13-8-7-12-26(27)32-19-9-14-28(32)31(34)23-15-17-24(37-3)18-16-23/h4-19,22,31H,20-21H2,1-3H3. The van der Waals surface area contributed by atoms with Crippen LogP contribution in [0.5, 0.6) is 5.75 Å². The van der Waals surface area contributed by atoms with Crippen molar-refractivity contribution >= 4 is 29.3 Å². The molecular weight excluding hydrogens is 494 g/mol. The summed E-state index contributed by atoms with van der Waals surface area (Å²) in [6, 6.07) is 29.2. The molecule has 0 saturated carbocycles. The number of aromatic nitrogens is 1. The monoisotopic (exact) mass is 525 g/mol. The summed E-state index contributed by atoms with van der Waals surface area (Å²) in [5.74, 6) is 0.844. The van der Waals surface area contributed by atoms with Gasteiger partial charge in [0.05, 0.1) is 29.9 Å². The topological polar surface area (TPSA) is 54.8 Å². The van der Waals surface area contributed by atoms with Crippen LogP contribution in [0.1, 0.15) is 31.1 Å². The van der Waals surface area contributed by atoms with E-state index in [1.54, 1.807) is 12.0 Å². The highest BCUT2D eigenvalue weighted by Gasteiger charge is 2.37. The van der Waals surface area contributed by atoms with Gasteiger partial charge in [0.2, 0.25) is 11.8 Å². The van der Waals surface area contributed by atoms with Crippen molar-refractivity contribution < 1.29 is 14.3 Å². The van der Waals surface area contributed by atoms with E-state index in [2.05, 4.69) is 4.57 Å². The first-order valence-electron chi connectivity index (χ1n) is 12.7. The van der Waals surface area contributed by atoms with Crippen LogP contribution < -0.4 is 9.64 Å². The maximum atomic E-state index is 14.2. The number of amides is 2. The van der Waals surface area contributed by atoms with Gasteiger partial charge in [0.1, 0.15) is 18.3 Å². The van der Waals surface area contributed by atoms with Crippen molar-refractivity contribution in [1.82, 2.24) is 9.47 Å². The number of thioether (sulfide) groups is 1. The highest BCUT2D eigenvalue weighted by Crippen LogP contribution is 2.42. The number of fused-ring (bicyclic) bond motifs is 3. The van der Waals surface area contributed by atoms with Crippen molar-refractivity contribution in [3.63, 3.8) is 0 Å². The van der Waals surface area contributed by atoms with Crippen LogP contribution in [-0.4, -0.2) is 46.7 Å². The van der Waals surface area contributed by atoms with Gasteiger partial charge in [-0.1, -0.05) is 42.5 Å². The number of ether oxygens (including phenoxy) is 1. The molecule has 4 aromatic rings. The van der Waals surface area contributed by atoms with E-state index in [0.717, 1.165) is 33.3 Å². The minimum absolute atomic E-state index is 0.00640. The van der Waals surface area contributed by atoms with Crippen molar-refractivity contribution in [3.05, 3.63) is 108 Å². The molecule has 6 nitrogen and oxygen atoms in total. The number of methoxy groups -OCH3 is 1. The largest absolute Gasteiger partial charge is 0.497 e. The Morgan fingerprint density at radius 2 is 1.58 bits per heavy atom. The molecule has 1 atom stereocenters. The molecule has 3 aromatic carbocycles. The second-order valence-corrected chi connectivity index (χ2v) is 10.5. The molecule has 1 unspecified atom stereocenters. The Hall–Kier alpha value is -3.97. The number of anilines is 1. The Balaban J connectivity index is 1.47. The summed E-state index contributed by atoms with van der Waals surface area (Å²) >= 11 is 1.49. The smallest absolute Gasteiger partial charge is 0.247 e. The summed E-state index contributed by atoms with van der Waals surface area (Å²) in [6.45, 7) is 3.90. The van der Waals surface area contributed by atoms with Gasteiger partial charge in [0.15, 0.2) is 0 Å². The van der Waals surface area contributed by atoms with E-state index in [9.17, 15) is 9.59 Å². The lowest BCUT2D eigenvalue weighted by molar-refractivity contribution is -0.134. The predicted octanol–water partition coefficient (Wildman–Crippen LogP) is 5.95. The minimum atomic E-state index is -0.346. The Kier molecular flexibility index (Phi) is 7.56. The van der Waals surface area contributed by atoms with E-state index in [0.29, 0.717) is 0 Å². The number of para-hydroxylation sites is 2. The molecule has 7 heteroatoms. The zero-order valence-corrected chi connectivity index (χ0v) is 22.6. The maximum absolute atomic E-state index is 14.2. The van der Waals surface area contributed by atoms with Crippen molar-refractivity contribution in [2.75, 3.05) is 24.3 Å².